The number of imidazole rings is 1. The number of ether oxygens (including phenoxy) is 1. The lowest BCUT2D eigenvalue weighted by atomic mass is 10.1. The molecular weight excluding hydrogens is 422 g/mol. The van der Waals surface area contributed by atoms with Crippen LogP contribution in [0.5, 0.6) is 5.75 Å². The molecule has 0 aliphatic carbocycles. The highest BCUT2D eigenvalue weighted by atomic mass is 16.5. The second-order valence-corrected chi connectivity index (χ2v) is 8.34. The van der Waals surface area contributed by atoms with Gasteiger partial charge < -0.3 is 14.6 Å². The van der Waals surface area contributed by atoms with Gasteiger partial charge in [-0.25, -0.2) is 4.98 Å². The fraction of sp³-hybridized carbons (Fsp3) is 0.241. The van der Waals surface area contributed by atoms with Gasteiger partial charge in [0.05, 0.1) is 17.6 Å². The molecule has 0 saturated heterocycles. The van der Waals surface area contributed by atoms with Crippen LogP contribution in [-0.4, -0.2) is 28.6 Å². The van der Waals surface area contributed by atoms with Crippen LogP contribution >= 0.6 is 0 Å². The summed E-state index contributed by atoms with van der Waals surface area (Å²) in [5.41, 5.74) is 5.05. The van der Waals surface area contributed by atoms with Gasteiger partial charge in [0.15, 0.2) is 0 Å². The van der Waals surface area contributed by atoms with Crippen molar-refractivity contribution in [1.82, 2.24) is 14.9 Å². The highest BCUT2D eigenvalue weighted by molar-refractivity contribution is 5.94. The number of aromatic nitrogens is 2. The van der Waals surface area contributed by atoms with E-state index < -0.39 is 0 Å². The lowest BCUT2D eigenvalue weighted by Crippen LogP contribution is -2.25. The Morgan fingerprint density at radius 2 is 1.82 bits per heavy atom. The van der Waals surface area contributed by atoms with Gasteiger partial charge in [-0.1, -0.05) is 54.1 Å². The third-order valence-corrected chi connectivity index (χ3v) is 5.82. The number of aryl methyl sites for hydroxylation is 2. The molecule has 1 aromatic heterocycles. The second kappa shape index (κ2) is 11.3. The van der Waals surface area contributed by atoms with E-state index in [1.807, 2.05) is 73.7 Å². The van der Waals surface area contributed by atoms with E-state index in [0.29, 0.717) is 25.3 Å². The standard InChI is InChI=1S/C29H31N3O2/c1-3-9-23-10-4-7-13-27(23)34-21-20-32-26-12-6-5-11-25(26)31-28(32)14-8-19-30-29(33)24-17-15-22(2)16-18-24/h3-7,10-13,15-18H,1,8-9,14,19-21H2,2H3,(H,30,33). The number of hydrogen-bond acceptors (Lipinski definition) is 3. The highest BCUT2D eigenvalue weighted by Gasteiger charge is 2.11. The van der Waals surface area contributed by atoms with Gasteiger partial charge in [0.2, 0.25) is 0 Å². The van der Waals surface area contributed by atoms with E-state index in [-0.39, 0.29) is 5.91 Å². The zero-order valence-corrected chi connectivity index (χ0v) is 19.7. The molecule has 0 aliphatic heterocycles. The van der Waals surface area contributed by atoms with Crippen molar-refractivity contribution in [1.29, 1.82) is 0 Å². The lowest BCUT2D eigenvalue weighted by Gasteiger charge is -2.13. The summed E-state index contributed by atoms with van der Waals surface area (Å²) >= 11 is 0. The quantitative estimate of drug-likeness (QED) is 0.240. The van der Waals surface area contributed by atoms with Gasteiger partial charge >= 0.3 is 0 Å². The van der Waals surface area contributed by atoms with Crippen molar-refractivity contribution in [3.05, 3.63) is 108 Å². The first-order valence-corrected chi connectivity index (χ1v) is 11.8. The van der Waals surface area contributed by atoms with Crippen LogP contribution in [0.4, 0.5) is 0 Å². The van der Waals surface area contributed by atoms with E-state index in [1.165, 1.54) is 0 Å². The lowest BCUT2D eigenvalue weighted by molar-refractivity contribution is 0.0953. The molecule has 5 heteroatoms. The summed E-state index contributed by atoms with van der Waals surface area (Å²) in [6, 6.07) is 23.9. The summed E-state index contributed by atoms with van der Waals surface area (Å²) in [4.78, 5) is 17.2. The molecule has 1 heterocycles. The molecule has 0 radical (unpaired) electrons. The molecule has 34 heavy (non-hydrogen) atoms. The van der Waals surface area contributed by atoms with E-state index in [9.17, 15) is 4.79 Å². The number of carbonyl (C=O) groups excluding carboxylic acids is 1. The van der Waals surface area contributed by atoms with Crippen molar-refractivity contribution in [2.75, 3.05) is 13.2 Å². The van der Waals surface area contributed by atoms with Crippen LogP contribution in [0.15, 0.2) is 85.5 Å². The molecule has 0 unspecified atom stereocenters. The van der Waals surface area contributed by atoms with Crippen LogP contribution in [0.2, 0.25) is 0 Å². The molecule has 0 bridgehead atoms. The third kappa shape index (κ3) is 5.73. The first-order chi connectivity index (χ1) is 16.7. The Balaban J connectivity index is 1.37. The largest absolute Gasteiger partial charge is 0.491 e. The predicted octanol–water partition coefficient (Wildman–Crippen LogP) is 5.51. The fourth-order valence-electron chi connectivity index (χ4n) is 4.04. The van der Waals surface area contributed by atoms with Crippen LogP contribution in [0.25, 0.3) is 11.0 Å². The normalized spacial score (nSPS) is 10.9. The van der Waals surface area contributed by atoms with Gasteiger partial charge in [-0.05, 0) is 55.7 Å². The highest BCUT2D eigenvalue weighted by Crippen LogP contribution is 2.20. The Bertz CT molecular complexity index is 1260. The topological polar surface area (TPSA) is 56.1 Å². The van der Waals surface area contributed by atoms with Gasteiger partial charge in [-0.3, -0.25) is 4.79 Å². The van der Waals surface area contributed by atoms with Crippen molar-refractivity contribution in [2.24, 2.45) is 0 Å². The number of nitrogens with one attached hydrogen (secondary N) is 1. The van der Waals surface area contributed by atoms with Gasteiger partial charge in [0.1, 0.15) is 18.2 Å². The van der Waals surface area contributed by atoms with Gasteiger partial charge in [0.25, 0.3) is 5.91 Å². The van der Waals surface area contributed by atoms with Crippen molar-refractivity contribution < 1.29 is 9.53 Å². The van der Waals surface area contributed by atoms with Crippen molar-refractivity contribution >= 4 is 16.9 Å². The summed E-state index contributed by atoms with van der Waals surface area (Å²) < 4.78 is 8.36. The third-order valence-electron chi connectivity index (χ3n) is 5.82. The summed E-state index contributed by atoms with van der Waals surface area (Å²) in [7, 11) is 0. The van der Waals surface area contributed by atoms with E-state index in [4.69, 9.17) is 9.72 Å². The maximum absolute atomic E-state index is 12.4. The zero-order chi connectivity index (χ0) is 23.8. The molecule has 1 N–H and O–H groups in total. The Labute approximate surface area is 201 Å². The Hall–Kier alpha value is -3.86. The number of fused-ring (bicyclic) bond motifs is 1. The Kier molecular flexibility index (Phi) is 7.76. The van der Waals surface area contributed by atoms with Gasteiger partial charge in [-0.15, -0.1) is 6.58 Å². The summed E-state index contributed by atoms with van der Waals surface area (Å²) in [6.45, 7) is 7.70. The summed E-state index contributed by atoms with van der Waals surface area (Å²) in [5.74, 6) is 1.86. The number of hydrogen-bond donors (Lipinski definition) is 1. The van der Waals surface area contributed by atoms with E-state index in [2.05, 4.69) is 28.6 Å². The molecule has 0 aliphatic rings. The van der Waals surface area contributed by atoms with Crippen molar-refractivity contribution in [3.63, 3.8) is 0 Å². The average Bonchev–Trinajstić information content (AvgIpc) is 3.21. The summed E-state index contributed by atoms with van der Waals surface area (Å²) in [6.07, 6.45) is 4.25. The van der Waals surface area contributed by atoms with Crippen LogP contribution in [0.1, 0.15) is 33.7 Å². The molecule has 174 valence electrons. The van der Waals surface area contributed by atoms with Gasteiger partial charge in [-0.2, -0.15) is 0 Å². The van der Waals surface area contributed by atoms with Crippen molar-refractivity contribution in [3.8, 4) is 5.75 Å². The maximum Gasteiger partial charge on any atom is 0.251 e. The average molecular weight is 454 g/mol. The maximum atomic E-state index is 12.4. The molecule has 5 nitrogen and oxygen atoms in total. The number of rotatable bonds is 11. The minimum Gasteiger partial charge on any atom is -0.491 e. The summed E-state index contributed by atoms with van der Waals surface area (Å²) in [5, 5.41) is 3.02. The van der Waals surface area contributed by atoms with E-state index >= 15 is 0 Å². The minimum atomic E-state index is -0.0416. The van der Waals surface area contributed by atoms with E-state index in [0.717, 1.165) is 53.0 Å². The molecule has 4 rings (SSSR count). The number of allylic oxidation sites excluding steroid dienone is 1. The fourth-order valence-corrected chi connectivity index (χ4v) is 4.04. The molecule has 0 atom stereocenters. The van der Waals surface area contributed by atoms with Crippen molar-refractivity contribution in [2.45, 2.75) is 32.7 Å². The van der Waals surface area contributed by atoms with Crippen LogP contribution in [0, 0.1) is 6.92 Å². The first kappa shape index (κ1) is 23.3. The molecule has 3 aromatic carbocycles. The molecule has 0 saturated carbocycles. The number of carbonyl (C=O) groups is 1. The van der Waals surface area contributed by atoms with Gasteiger partial charge in [0, 0.05) is 18.5 Å². The first-order valence-electron chi connectivity index (χ1n) is 11.8. The van der Waals surface area contributed by atoms with Crippen LogP contribution in [0.3, 0.4) is 0 Å². The van der Waals surface area contributed by atoms with E-state index in [1.54, 1.807) is 0 Å². The smallest absolute Gasteiger partial charge is 0.251 e. The molecule has 0 spiro atoms. The molecule has 1 amide bonds. The predicted molar refractivity (Wildman–Crippen MR) is 137 cm³/mol. The number of benzene rings is 3. The molecule has 4 aromatic rings. The molecule has 0 fully saturated rings. The Morgan fingerprint density at radius 3 is 2.65 bits per heavy atom. The van der Waals surface area contributed by atoms with Crippen LogP contribution in [-0.2, 0) is 19.4 Å². The number of amides is 1. The monoisotopic (exact) mass is 453 g/mol. The number of nitrogens with zero attached hydrogens (tertiary/aromatic N) is 2. The molecular formula is C29H31N3O2. The zero-order valence-electron chi connectivity index (χ0n) is 19.7. The minimum absolute atomic E-state index is 0.0416. The SMILES string of the molecule is C=CCc1ccccc1OCCn1c(CCCNC(=O)c2ccc(C)cc2)nc2ccccc21. The Morgan fingerprint density at radius 1 is 1.06 bits per heavy atom. The van der Waals surface area contributed by atoms with Crippen LogP contribution < -0.4 is 10.1 Å². The second-order valence-electron chi connectivity index (χ2n) is 8.34. The number of para-hydroxylation sites is 3.